The summed E-state index contributed by atoms with van der Waals surface area (Å²) in [5.74, 6) is 0.773. The molecule has 2 heterocycles. The number of ether oxygens (including phenoxy) is 1. The molecular weight excluding hydrogens is 206 g/mol. The van der Waals surface area contributed by atoms with Crippen LogP contribution in [0.15, 0.2) is 12.4 Å². The van der Waals surface area contributed by atoms with E-state index in [-0.39, 0.29) is 18.1 Å². The molecule has 16 heavy (non-hydrogen) atoms. The van der Waals surface area contributed by atoms with Crippen molar-refractivity contribution in [1.82, 2.24) is 15.3 Å². The Morgan fingerprint density at radius 3 is 3.25 bits per heavy atom. The lowest BCUT2D eigenvalue weighted by atomic mass is 10.2. The Kier molecular flexibility index (Phi) is 3.56. The Labute approximate surface area is 94.6 Å². The van der Waals surface area contributed by atoms with Gasteiger partial charge in [0.1, 0.15) is 11.9 Å². The van der Waals surface area contributed by atoms with Crippen LogP contribution in [0.1, 0.15) is 38.1 Å². The van der Waals surface area contributed by atoms with Crippen molar-refractivity contribution in [2.75, 3.05) is 6.61 Å². The topological polar surface area (TPSA) is 67.0 Å². The first-order valence-electron chi connectivity index (χ1n) is 5.72. The normalized spacial score (nSPS) is 21.9. The molecule has 5 heteroatoms. The molecule has 1 aromatic rings. The van der Waals surface area contributed by atoms with Gasteiger partial charge in [-0.05, 0) is 19.3 Å². The second-order valence-corrected chi connectivity index (χ2v) is 3.95. The third-order valence-electron chi connectivity index (χ3n) is 2.80. The number of aromatic nitrogens is 2. The zero-order chi connectivity index (χ0) is 11.4. The number of nitrogens with one attached hydrogen (secondary N) is 2. The summed E-state index contributed by atoms with van der Waals surface area (Å²) in [7, 11) is 0. The van der Waals surface area contributed by atoms with E-state index in [1.807, 2.05) is 6.92 Å². The average molecular weight is 223 g/mol. The molecule has 2 N–H and O–H groups in total. The average Bonchev–Trinajstić information content (AvgIpc) is 2.96. The SMILES string of the molecule is CCC(NC(=O)C1CCCO1)c1ncc[nH]1. The van der Waals surface area contributed by atoms with Crippen molar-refractivity contribution in [1.29, 1.82) is 0 Å². The van der Waals surface area contributed by atoms with Gasteiger partial charge in [-0.2, -0.15) is 0 Å². The Balaban J connectivity index is 1.93. The quantitative estimate of drug-likeness (QED) is 0.804. The fraction of sp³-hybridized carbons (Fsp3) is 0.636. The molecule has 1 aliphatic rings. The van der Waals surface area contributed by atoms with Gasteiger partial charge in [0.25, 0.3) is 0 Å². The Hall–Kier alpha value is -1.36. The van der Waals surface area contributed by atoms with Gasteiger partial charge in [0, 0.05) is 19.0 Å². The van der Waals surface area contributed by atoms with E-state index >= 15 is 0 Å². The molecule has 2 rings (SSSR count). The molecule has 5 nitrogen and oxygen atoms in total. The molecule has 1 fully saturated rings. The van der Waals surface area contributed by atoms with E-state index < -0.39 is 0 Å². The van der Waals surface area contributed by atoms with Crippen LogP contribution in [0.5, 0.6) is 0 Å². The van der Waals surface area contributed by atoms with Gasteiger partial charge in [0.05, 0.1) is 6.04 Å². The number of hydrogen-bond acceptors (Lipinski definition) is 3. The molecule has 2 unspecified atom stereocenters. The number of carbonyl (C=O) groups is 1. The van der Waals surface area contributed by atoms with Crippen LogP contribution >= 0.6 is 0 Å². The van der Waals surface area contributed by atoms with E-state index in [1.165, 1.54) is 0 Å². The first-order chi connectivity index (χ1) is 7.81. The van der Waals surface area contributed by atoms with Gasteiger partial charge in [-0.3, -0.25) is 4.79 Å². The Morgan fingerprint density at radius 1 is 1.81 bits per heavy atom. The van der Waals surface area contributed by atoms with Crippen molar-refractivity contribution >= 4 is 5.91 Å². The molecule has 1 amide bonds. The van der Waals surface area contributed by atoms with Gasteiger partial charge in [-0.25, -0.2) is 4.98 Å². The van der Waals surface area contributed by atoms with Crippen molar-refractivity contribution in [3.63, 3.8) is 0 Å². The van der Waals surface area contributed by atoms with E-state index in [2.05, 4.69) is 15.3 Å². The molecule has 0 spiro atoms. The first-order valence-corrected chi connectivity index (χ1v) is 5.72. The minimum Gasteiger partial charge on any atom is -0.368 e. The molecular formula is C11H17N3O2. The van der Waals surface area contributed by atoms with Crippen LogP contribution in [-0.4, -0.2) is 28.6 Å². The lowest BCUT2D eigenvalue weighted by Crippen LogP contribution is -2.37. The van der Waals surface area contributed by atoms with Crippen LogP contribution < -0.4 is 5.32 Å². The molecule has 0 aromatic carbocycles. The fourth-order valence-electron chi connectivity index (χ4n) is 1.88. The highest BCUT2D eigenvalue weighted by Crippen LogP contribution is 2.16. The number of H-pyrrole nitrogens is 1. The standard InChI is InChI=1S/C11H17N3O2/c1-2-8(10-12-5-6-13-10)14-11(15)9-4-3-7-16-9/h5-6,8-9H,2-4,7H2,1H3,(H,12,13)(H,14,15). The predicted octanol–water partition coefficient (Wildman–Crippen LogP) is 1.16. The van der Waals surface area contributed by atoms with Gasteiger partial charge in [-0.1, -0.05) is 6.92 Å². The second kappa shape index (κ2) is 5.12. The highest BCUT2D eigenvalue weighted by atomic mass is 16.5. The second-order valence-electron chi connectivity index (χ2n) is 3.95. The summed E-state index contributed by atoms with van der Waals surface area (Å²) in [4.78, 5) is 19.0. The fourth-order valence-corrected chi connectivity index (χ4v) is 1.88. The van der Waals surface area contributed by atoms with Crippen LogP contribution in [-0.2, 0) is 9.53 Å². The van der Waals surface area contributed by atoms with Crippen LogP contribution in [0.3, 0.4) is 0 Å². The first kappa shape index (κ1) is 11.1. The van der Waals surface area contributed by atoms with E-state index in [9.17, 15) is 4.79 Å². The van der Waals surface area contributed by atoms with Crippen molar-refractivity contribution in [2.45, 2.75) is 38.3 Å². The van der Waals surface area contributed by atoms with E-state index in [4.69, 9.17) is 4.74 Å². The molecule has 1 aliphatic heterocycles. The Morgan fingerprint density at radius 2 is 2.69 bits per heavy atom. The molecule has 1 aromatic heterocycles. The minimum absolute atomic E-state index is 0.0271. The summed E-state index contributed by atoms with van der Waals surface area (Å²) in [5.41, 5.74) is 0. The summed E-state index contributed by atoms with van der Waals surface area (Å²) >= 11 is 0. The summed E-state index contributed by atoms with van der Waals surface area (Å²) in [6, 6.07) is -0.0494. The van der Waals surface area contributed by atoms with Gasteiger partial charge < -0.3 is 15.0 Å². The number of hydrogen-bond donors (Lipinski definition) is 2. The smallest absolute Gasteiger partial charge is 0.249 e. The summed E-state index contributed by atoms with van der Waals surface area (Å²) in [5, 5.41) is 2.95. The highest BCUT2D eigenvalue weighted by molar-refractivity contribution is 5.81. The molecule has 88 valence electrons. The number of amides is 1. The number of nitrogens with zero attached hydrogens (tertiary/aromatic N) is 1. The number of imidazole rings is 1. The molecule has 0 bridgehead atoms. The lowest BCUT2D eigenvalue weighted by molar-refractivity contribution is -0.130. The monoisotopic (exact) mass is 223 g/mol. The zero-order valence-electron chi connectivity index (χ0n) is 9.40. The van der Waals surface area contributed by atoms with Gasteiger partial charge in [0.2, 0.25) is 5.91 Å². The molecule has 2 atom stereocenters. The van der Waals surface area contributed by atoms with Gasteiger partial charge in [-0.15, -0.1) is 0 Å². The molecule has 0 aliphatic carbocycles. The molecule has 0 radical (unpaired) electrons. The van der Waals surface area contributed by atoms with Crippen molar-refractivity contribution in [3.05, 3.63) is 18.2 Å². The largest absolute Gasteiger partial charge is 0.368 e. The van der Waals surface area contributed by atoms with Crippen molar-refractivity contribution < 1.29 is 9.53 Å². The predicted molar refractivity (Wildman–Crippen MR) is 58.7 cm³/mol. The van der Waals surface area contributed by atoms with Crippen LogP contribution in [0.2, 0.25) is 0 Å². The zero-order valence-corrected chi connectivity index (χ0v) is 9.40. The maximum absolute atomic E-state index is 11.8. The van der Waals surface area contributed by atoms with Crippen molar-refractivity contribution in [3.8, 4) is 0 Å². The van der Waals surface area contributed by atoms with E-state index in [0.717, 1.165) is 25.1 Å². The Bertz CT molecular complexity index is 331. The molecule has 0 saturated carbocycles. The van der Waals surface area contributed by atoms with Crippen LogP contribution in [0.4, 0.5) is 0 Å². The van der Waals surface area contributed by atoms with E-state index in [1.54, 1.807) is 12.4 Å². The maximum Gasteiger partial charge on any atom is 0.249 e. The third kappa shape index (κ3) is 2.41. The number of carbonyl (C=O) groups excluding carboxylic acids is 1. The molecule has 1 saturated heterocycles. The van der Waals surface area contributed by atoms with Crippen molar-refractivity contribution in [2.24, 2.45) is 0 Å². The maximum atomic E-state index is 11.8. The van der Waals surface area contributed by atoms with Crippen LogP contribution in [0, 0.1) is 0 Å². The van der Waals surface area contributed by atoms with E-state index in [0.29, 0.717) is 6.61 Å². The highest BCUT2D eigenvalue weighted by Gasteiger charge is 2.26. The summed E-state index contributed by atoms with van der Waals surface area (Å²) in [6.07, 6.45) is 5.78. The number of aromatic amines is 1. The van der Waals surface area contributed by atoms with Gasteiger partial charge in [0.15, 0.2) is 0 Å². The lowest BCUT2D eigenvalue weighted by Gasteiger charge is -2.17. The van der Waals surface area contributed by atoms with Gasteiger partial charge >= 0.3 is 0 Å². The summed E-state index contributed by atoms with van der Waals surface area (Å²) in [6.45, 7) is 2.71. The van der Waals surface area contributed by atoms with Crippen LogP contribution in [0.25, 0.3) is 0 Å². The summed E-state index contributed by atoms with van der Waals surface area (Å²) < 4.78 is 5.33. The minimum atomic E-state index is -0.274. The number of rotatable bonds is 4. The third-order valence-corrected chi connectivity index (χ3v) is 2.80.